The highest BCUT2D eigenvalue weighted by atomic mass is 16.6. The van der Waals surface area contributed by atoms with Gasteiger partial charge in [0.15, 0.2) is 0 Å². The number of likely N-dealkylation sites (tertiary alicyclic amines) is 3. The van der Waals surface area contributed by atoms with Crippen LogP contribution in [0.3, 0.4) is 0 Å². The van der Waals surface area contributed by atoms with E-state index in [1.807, 2.05) is 26.8 Å². The molecule has 0 spiro atoms. The van der Waals surface area contributed by atoms with Crippen molar-refractivity contribution in [3.8, 4) is 5.75 Å². The Kier molecular flexibility index (Phi) is 5.70. The molecule has 1 aromatic rings. The number of aromatic hydroxyl groups is 1. The van der Waals surface area contributed by atoms with Crippen LogP contribution in [0.2, 0.25) is 0 Å². The number of carbonyl (C=O) groups excluding carboxylic acids is 2. The molecule has 7 atom stereocenters. The minimum Gasteiger partial charge on any atom is -0.508 e. The van der Waals surface area contributed by atoms with Crippen molar-refractivity contribution in [2.45, 2.75) is 102 Å². The van der Waals surface area contributed by atoms with Gasteiger partial charge in [0.2, 0.25) is 5.91 Å². The summed E-state index contributed by atoms with van der Waals surface area (Å²) in [6, 6.07) is 7.07. The van der Waals surface area contributed by atoms with Crippen LogP contribution in [-0.4, -0.2) is 82.2 Å². The first-order valence-electron chi connectivity index (χ1n) is 16.4. The van der Waals surface area contributed by atoms with E-state index < -0.39 is 5.60 Å². The number of hydrogen-bond acceptors (Lipinski definition) is 5. The van der Waals surface area contributed by atoms with E-state index in [9.17, 15) is 14.7 Å². The summed E-state index contributed by atoms with van der Waals surface area (Å²) in [7, 11) is 0. The second-order valence-electron chi connectivity index (χ2n) is 15.7. The lowest BCUT2D eigenvalue weighted by Gasteiger charge is -2.66. The van der Waals surface area contributed by atoms with Gasteiger partial charge in [-0.25, -0.2) is 4.79 Å². The number of ether oxygens (including phenoxy) is 1. The van der Waals surface area contributed by atoms with E-state index in [-0.39, 0.29) is 34.8 Å². The van der Waals surface area contributed by atoms with E-state index in [2.05, 4.69) is 21.9 Å². The Morgan fingerprint density at radius 3 is 2.68 bits per heavy atom. The molecule has 3 saturated carbocycles. The molecule has 7 aliphatic rings. The zero-order valence-electron chi connectivity index (χ0n) is 25.1. The number of nitrogens with zero attached hydrogens (tertiary/aromatic N) is 3. The van der Waals surface area contributed by atoms with E-state index in [4.69, 9.17) is 4.74 Å². The predicted molar refractivity (Wildman–Crippen MR) is 155 cm³/mol. The van der Waals surface area contributed by atoms with Crippen LogP contribution in [0.5, 0.6) is 5.75 Å². The van der Waals surface area contributed by atoms with E-state index in [1.165, 1.54) is 43.4 Å². The second-order valence-corrected chi connectivity index (χ2v) is 15.7. The first kappa shape index (κ1) is 26.4. The summed E-state index contributed by atoms with van der Waals surface area (Å²) in [6.07, 6.45) is 9.95. The third-order valence-electron chi connectivity index (χ3n) is 12.5. The Balaban J connectivity index is 1.10. The van der Waals surface area contributed by atoms with Crippen molar-refractivity contribution in [2.24, 2.45) is 29.1 Å². The van der Waals surface area contributed by atoms with Gasteiger partial charge in [0.05, 0.1) is 5.92 Å². The molecule has 1 N–H and O–H groups in total. The monoisotopic (exact) mass is 561 g/mol. The van der Waals surface area contributed by atoms with Crippen molar-refractivity contribution in [1.29, 1.82) is 0 Å². The molecule has 2 amide bonds. The quantitative estimate of drug-likeness (QED) is 0.566. The maximum atomic E-state index is 14.3. The molecule has 4 bridgehead atoms. The van der Waals surface area contributed by atoms with E-state index in [0.29, 0.717) is 36.7 Å². The highest BCUT2D eigenvalue weighted by Crippen LogP contribution is 2.75. The predicted octanol–water partition coefficient (Wildman–Crippen LogP) is 4.94. The fourth-order valence-corrected chi connectivity index (χ4v) is 11.1. The van der Waals surface area contributed by atoms with Gasteiger partial charge >= 0.3 is 6.09 Å². The Labute approximate surface area is 244 Å². The topological polar surface area (TPSA) is 73.3 Å². The van der Waals surface area contributed by atoms with Crippen LogP contribution in [0.1, 0.15) is 83.3 Å². The number of fused-ring (bicyclic) bond motifs is 1. The zero-order valence-corrected chi connectivity index (χ0v) is 25.1. The summed E-state index contributed by atoms with van der Waals surface area (Å²) in [5.74, 6) is 2.39. The number of rotatable bonds is 3. The summed E-state index contributed by atoms with van der Waals surface area (Å²) >= 11 is 0. The van der Waals surface area contributed by atoms with Gasteiger partial charge in [0.25, 0.3) is 0 Å². The average Bonchev–Trinajstić information content (AvgIpc) is 3.62. The molecular formula is C34H47N3O4. The maximum absolute atomic E-state index is 14.3. The summed E-state index contributed by atoms with van der Waals surface area (Å²) in [5.41, 5.74) is 2.64. The fraction of sp³-hybridized carbons (Fsp3) is 0.765. The molecule has 222 valence electrons. The molecule has 7 nitrogen and oxygen atoms in total. The Bertz CT molecular complexity index is 1270. The third kappa shape index (κ3) is 3.79. The minimum atomic E-state index is -0.537. The van der Waals surface area contributed by atoms with Gasteiger partial charge in [-0.1, -0.05) is 6.07 Å². The molecule has 3 saturated heterocycles. The Morgan fingerprint density at radius 2 is 1.90 bits per heavy atom. The number of piperidine rings is 2. The Hall–Kier alpha value is -2.28. The SMILES string of the molecule is CC(C)(C)OC(=O)N1CCC[C@H](C(=O)N2C[C@H]3CC45CCC2C3C42CCN(CC3CC3)C5Cc3ccc(O)cc32)C1. The van der Waals surface area contributed by atoms with Crippen molar-refractivity contribution in [1.82, 2.24) is 14.7 Å². The summed E-state index contributed by atoms with van der Waals surface area (Å²) in [4.78, 5) is 34.1. The minimum absolute atomic E-state index is 0.0573. The van der Waals surface area contributed by atoms with Crippen molar-refractivity contribution >= 4 is 12.0 Å². The normalized spacial score (nSPS) is 39.3. The van der Waals surface area contributed by atoms with E-state index in [1.54, 1.807) is 4.90 Å². The number of carbonyl (C=O) groups is 2. The van der Waals surface area contributed by atoms with Crippen LogP contribution in [0.25, 0.3) is 0 Å². The molecule has 4 aliphatic carbocycles. The zero-order chi connectivity index (χ0) is 28.3. The maximum Gasteiger partial charge on any atom is 0.410 e. The van der Waals surface area contributed by atoms with Gasteiger partial charge in [-0.2, -0.15) is 0 Å². The van der Waals surface area contributed by atoms with E-state index in [0.717, 1.165) is 51.1 Å². The molecule has 0 radical (unpaired) electrons. The number of amides is 2. The third-order valence-corrected chi connectivity index (χ3v) is 12.5. The lowest BCUT2D eigenvalue weighted by Crippen LogP contribution is -2.70. The highest BCUT2D eigenvalue weighted by Gasteiger charge is 2.76. The summed E-state index contributed by atoms with van der Waals surface area (Å²) < 4.78 is 5.66. The van der Waals surface area contributed by atoms with Gasteiger partial charge in [-0.05, 0) is 132 Å². The van der Waals surface area contributed by atoms with Gasteiger partial charge in [-0.15, -0.1) is 0 Å². The number of benzene rings is 1. The molecule has 41 heavy (non-hydrogen) atoms. The van der Waals surface area contributed by atoms with Crippen LogP contribution in [0.15, 0.2) is 18.2 Å². The molecular weight excluding hydrogens is 514 g/mol. The highest BCUT2D eigenvalue weighted by molar-refractivity contribution is 5.81. The van der Waals surface area contributed by atoms with Gasteiger partial charge in [0.1, 0.15) is 11.4 Å². The van der Waals surface area contributed by atoms with Crippen LogP contribution in [-0.2, 0) is 21.4 Å². The lowest BCUT2D eigenvalue weighted by atomic mass is 9.43. The molecule has 3 heterocycles. The molecule has 5 unspecified atom stereocenters. The molecule has 7 heteroatoms. The second kappa shape index (κ2) is 8.87. The largest absolute Gasteiger partial charge is 0.508 e. The Morgan fingerprint density at radius 1 is 1.07 bits per heavy atom. The fourth-order valence-electron chi connectivity index (χ4n) is 11.1. The first-order chi connectivity index (χ1) is 19.6. The smallest absolute Gasteiger partial charge is 0.410 e. The first-order valence-corrected chi connectivity index (χ1v) is 16.4. The number of phenolic OH excluding ortho intramolecular Hbond substituents is 1. The summed E-state index contributed by atoms with van der Waals surface area (Å²) in [6.45, 7) is 10.1. The lowest BCUT2D eigenvalue weighted by molar-refractivity contribution is -0.145. The summed E-state index contributed by atoms with van der Waals surface area (Å²) in [5, 5.41) is 10.7. The standard InChI is InChI=1S/C34H47N3O4/c1-32(2,3)41-31(40)36-13-4-5-23(19-36)30(39)37-20-24-17-33-11-10-27(37)29(24)34(33)12-14-35(18-21-6-7-21)28(33)15-22-8-9-25(38)16-26(22)34/h8-9,16,21,23-24,27-29,38H,4-7,10-15,17-20H2,1-3H3/t23-,24+,27?,28?,29?,33?,34?/m0/s1. The van der Waals surface area contributed by atoms with Crippen molar-refractivity contribution in [3.05, 3.63) is 29.3 Å². The van der Waals surface area contributed by atoms with Crippen molar-refractivity contribution in [2.75, 3.05) is 32.7 Å². The van der Waals surface area contributed by atoms with E-state index >= 15 is 0 Å². The van der Waals surface area contributed by atoms with Crippen LogP contribution in [0.4, 0.5) is 4.79 Å². The van der Waals surface area contributed by atoms with Crippen LogP contribution >= 0.6 is 0 Å². The molecule has 1 aromatic carbocycles. The molecule has 3 aliphatic heterocycles. The average molecular weight is 562 g/mol. The van der Waals surface area contributed by atoms with Crippen molar-refractivity contribution < 1.29 is 19.4 Å². The molecule has 0 aromatic heterocycles. The van der Waals surface area contributed by atoms with Gasteiger partial charge in [-0.3, -0.25) is 9.69 Å². The van der Waals surface area contributed by atoms with Gasteiger partial charge < -0.3 is 19.6 Å². The van der Waals surface area contributed by atoms with Gasteiger partial charge in [0, 0.05) is 43.7 Å². The van der Waals surface area contributed by atoms with Crippen LogP contribution in [0, 0.1) is 29.1 Å². The number of hydrogen-bond donors (Lipinski definition) is 1. The van der Waals surface area contributed by atoms with Crippen molar-refractivity contribution in [3.63, 3.8) is 0 Å². The molecule has 6 fully saturated rings. The number of phenols is 1. The molecule has 8 rings (SSSR count). The van der Waals surface area contributed by atoms with Crippen LogP contribution < -0.4 is 0 Å².